The van der Waals surface area contributed by atoms with Crippen LogP contribution in [0.25, 0.3) is 11.2 Å². The predicted molar refractivity (Wildman–Crippen MR) is 104 cm³/mol. The predicted octanol–water partition coefficient (Wildman–Crippen LogP) is 2.40. The Bertz CT molecular complexity index is 1210. The number of hydrogen-bond acceptors (Lipinski definition) is 6. The van der Waals surface area contributed by atoms with Crippen molar-refractivity contribution in [3.63, 3.8) is 0 Å². The van der Waals surface area contributed by atoms with Crippen molar-refractivity contribution in [2.24, 2.45) is 7.05 Å². The highest BCUT2D eigenvalue weighted by Gasteiger charge is 2.32. The third-order valence-electron chi connectivity index (χ3n) is 5.19. The van der Waals surface area contributed by atoms with Crippen LogP contribution in [0.3, 0.4) is 0 Å². The summed E-state index contributed by atoms with van der Waals surface area (Å²) in [5.74, 6) is 0.188. The molecule has 0 aromatic carbocycles. The summed E-state index contributed by atoms with van der Waals surface area (Å²) in [6.07, 6.45) is -0.645. The lowest BCUT2D eigenvalue weighted by atomic mass is 10.0. The van der Waals surface area contributed by atoms with E-state index in [0.717, 1.165) is 12.4 Å². The Balaban J connectivity index is 1.61. The summed E-state index contributed by atoms with van der Waals surface area (Å²) in [7, 11) is 1.49. The molecule has 1 fully saturated rings. The number of aromatic nitrogens is 5. The van der Waals surface area contributed by atoms with Crippen LogP contribution in [0.15, 0.2) is 34.2 Å². The molecule has 1 aliphatic heterocycles. The highest BCUT2D eigenvalue weighted by atomic mass is 35.5. The van der Waals surface area contributed by atoms with E-state index in [2.05, 4.69) is 15.0 Å². The van der Waals surface area contributed by atoms with Crippen LogP contribution >= 0.6 is 11.6 Å². The zero-order valence-corrected chi connectivity index (χ0v) is 16.5. The molecule has 0 amide bonds. The smallest absolute Gasteiger partial charge is 0.341 e. The number of halogens is 4. The van der Waals surface area contributed by atoms with Crippen LogP contribution in [0.5, 0.6) is 0 Å². The molecule has 0 bridgehead atoms. The molecule has 3 aromatic rings. The largest absolute Gasteiger partial charge is 0.419 e. The van der Waals surface area contributed by atoms with Gasteiger partial charge in [0.2, 0.25) is 5.95 Å². The number of piperidine rings is 1. The van der Waals surface area contributed by atoms with Gasteiger partial charge < -0.3 is 9.47 Å². The van der Waals surface area contributed by atoms with Crippen LogP contribution in [0.1, 0.15) is 24.4 Å². The van der Waals surface area contributed by atoms with Gasteiger partial charge in [0.15, 0.2) is 5.65 Å². The van der Waals surface area contributed by atoms with Crippen LogP contribution in [0.4, 0.5) is 19.1 Å². The van der Waals surface area contributed by atoms with E-state index in [0.29, 0.717) is 42.1 Å². The average Bonchev–Trinajstić information content (AvgIpc) is 2.73. The summed E-state index contributed by atoms with van der Waals surface area (Å²) in [5.41, 5.74) is -1.47. The molecule has 0 radical (unpaired) electrons. The van der Waals surface area contributed by atoms with Crippen molar-refractivity contribution >= 4 is 28.7 Å². The van der Waals surface area contributed by atoms with Crippen molar-refractivity contribution < 1.29 is 13.2 Å². The average molecular weight is 441 g/mol. The van der Waals surface area contributed by atoms with Crippen LogP contribution in [-0.4, -0.2) is 37.2 Å². The molecular weight excluding hydrogens is 425 g/mol. The Morgan fingerprint density at radius 1 is 1.03 bits per heavy atom. The normalized spacial score (nSPS) is 15.7. The van der Waals surface area contributed by atoms with E-state index in [4.69, 9.17) is 11.6 Å². The number of aryl methyl sites for hydroxylation is 1. The van der Waals surface area contributed by atoms with E-state index in [1.165, 1.54) is 22.4 Å². The quantitative estimate of drug-likeness (QED) is 0.569. The van der Waals surface area contributed by atoms with Crippen molar-refractivity contribution in [3.8, 4) is 0 Å². The molecule has 1 saturated heterocycles. The van der Waals surface area contributed by atoms with Gasteiger partial charge in [-0.3, -0.25) is 14.2 Å². The Hall–Kier alpha value is -2.95. The molecule has 30 heavy (non-hydrogen) atoms. The molecule has 0 unspecified atom stereocenters. The molecule has 4 heterocycles. The number of hydrogen-bond donors (Lipinski definition) is 0. The summed E-state index contributed by atoms with van der Waals surface area (Å²) in [4.78, 5) is 38.7. The maximum absolute atomic E-state index is 12.7. The Kier molecular flexibility index (Phi) is 5.00. The number of rotatable bonds is 2. The maximum atomic E-state index is 12.7. The second kappa shape index (κ2) is 7.38. The third kappa shape index (κ3) is 3.53. The Morgan fingerprint density at radius 3 is 2.27 bits per heavy atom. The number of fused-ring (bicyclic) bond motifs is 1. The minimum Gasteiger partial charge on any atom is -0.341 e. The first-order valence-corrected chi connectivity index (χ1v) is 9.45. The van der Waals surface area contributed by atoms with Crippen molar-refractivity contribution in [3.05, 3.63) is 56.0 Å². The highest BCUT2D eigenvalue weighted by molar-refractivity contribution is 6.31. The molecule has 0 saturated carbocycles. The Morgan fingerprint density at radius 2 is 1.67 bits per heavy atom. The van der Waals surface area contributed by atoms with E-state index in [-0.39, 0.29) is 12.0 Å². The van der Waals surface area contributed by atoms with Crippen LogP contribution in [0, 0.1) is 0 Å². The van der Waals surface area contributed by atoms with Crippen molar-refractivity contribution in [2.75, 3.05) is 18.0 Å². The van der Waals surface area contributed by atoms with E-state index < -0.39 is 22.9 Å². The number of alkyl halides is 3. The lowest BCUT2D eigenvalue weighted by molar-refractivity contribution is -0.138. The summed E-state index contributed by atoms with van der Waals surface area (Å²) in [5, 5.41) is 0.344. The maximum Gasteiger partial charge on any atom is 0.419 e. The number of anilines is 1. The summed E-state index contributed by atoms with van der Waals surface area (Å²) >= 11 is 5.99. The minimum absolute atomic E-state index is 0.188. The molecule has 0 N–H and O–H groups in total. The summed E-state index contributed by atoms with van der Waals surface area (Å²) in [6, 6.07) is 1.28. The van der Waals surface area contributed by atoms with Crippen LogP contribution in [0.2, 0.25) is 5.02 Å². The fraction of sp³-hybridized carbons (Fsp3) is 0.389. The zero-order valence-electron chi connectivity index (χ0n) is 15.7. The van der Waals surface area contributed by atoms with Gasteiger partial charge in [0, 0.05) is 44.8 Å². The van der Waals surface area contributed by atoms with Crippen LogP contribution < -0.4 is 16.0 Å². The van der Waals surface area contributed by atoms with E-state index in [1.54, 1.807) is 11.0 Å². The molecule has 12 heteroatoms. The van der Waals surface area contributed by atoms with Crippen LogP contribution in [-0.2, 0) is 13.2 Å². The molecule has 1 aliphatic rings. The van der Waals surface area contributed by atoms with Gasteiger partial charge in [0.1, 0.15) is 0 Å². The second-order valence-corrected chi connectivity index (χ2v) is 7.46. The topological polar surface area (TPSA) is 85.9 Å². The van der Waals surface area contributed by atoms with Gasteiger partial charge >= 0.3 is 17.3 Å². The number of nitrogens with zero attached hydrogens (tertiary/aromatic N) is 6. The van der Waals surface area contributed by atoms with Gasteiger partial charge in [-0.05, 0) is 18.9 Å². The molecule has 158 valence electrons. The van der Waals surface area contributed by atoms with Crippen molar-refractivity contribution in [2.45, 2.75) is 25.1 Å². The first-order valence-electron chi connectivity index (χ1n) is 9.08. The van der Waals surface area contributed by atoms with Gasteiger partial charge in [0.05, 0.1) is 16.1 Å². The fourth-order valence-electron chi connectivity index (χ4n) is 3.60. The molecule has 0 spiro atoms. The SMILES string of the molecule is Cn1c(=O)c(=O)n(C2CCN(c3ncc(C(F)(F)F)cn3)CC2)c2ncc(Cl)cc21. The van der Waals surface area contributed by atoms with Gasteiger partial charge in [0.25, 0.3) is 0 Å². The summed E-state index contributed by atoms with van der Waals surface area (Å²) < 4.78 is 40.7. The second-order valence-electron chi connectivity index (χ2n) is 7.02. The Labute approximate surface area is 172 Å². The lowest BCUT2D eigenvalue weighted by Crippen LogP contribution is -2.45. The molecular formula is C18H16ClF3N6O2. The molecule has 0 aliphatic carbocycles. The van der Waals surface area contributed by atoms with E-state index in [1.807, 2.05) is 0 Å². The lowest BCUT2D eigenvalue weighted by Gasteiger charge is -2.33. The first kappa shape index (κ1) is 20.3. The molecule has 8 nitrogen and oxygen atoms in total. The van der Waals surface area contributed by atoms with Gasteiger partial charge in [-0.2, -0.15) is 13.2 Å². The van der Waals surface area contributed by atoms with E-state index in [9.17, 15) is 22.8 Å². The molecule has 3 aromatic heterocycles. The van der Waals surface area contributed by atoms with Crippen molar-refractivity contribution in [1.29, 1.82) is 0 Å². The fourth-order valence-corrected chi connectivity index (χ4v) is 3.75. The van der Waals surface area contributed by atoms with Crippen molar-refractivity contribution in [1.82, 2.24) is 24.1 Å². The molecule has 4 rings (SSSR count). The highest BCUT2D eigenvalue weighted by Crippen LogP contribution is 2.30. The standard InChI is InChI=1S/C18H16ClF3N6O2/c1-26-13-6-11(19)9-23-14(13)28(16(30)15(26)29)12-2-4-27(5-3-12)17-24-7-10(8-25-17)18(20,21)22/h6-9,12H,2-5H2,1H3. The van der Waals surface area contributed by atoms with Gasteiger partial charge in [-0.25, -0.2) is 15.0 Å². The number of pyridine rings is 1. The monoisotopic (exact) mass is 440 g/mol. The first-order chi connectivity index (χ1) is 14.2. The minimum atomic E-state index is -4.50. The zero-order chi connectivity index (χ0) is 21.6. The van der Waals surface area contributed by atoms with Gasteiger partial charge in [-0.1, -0.05) is 11.6 Å². The van der Waals surface area contributed by atoms with E-state index >= 15 is 0 Å². The third-order valence-corrected chi connectivity index (χ3v) is 5.39. The summed E-state index contributed by atoms with van der Waals surface area (Å²) in [6.45, 7) is 0.819. The molecule has 0 atom stereocenters. The van der Waals surface area contributed by atoms with Gasteiger partial charge in [-0.15, -0.1) is 0 Å².